The molecular formula is C44H45F2N12O7S+. The van der Waals surface area contributed by atoms with E-state index >= 15 is 8.78 Å². The Kier molecular flexibility index (Phi) is 12.4. The van der Waals surface area contributed by atoms with Gasteiger partial charge in [0, 0.05) is 58.2 Å². The third kappa shape index (κ3) is 9.28. The van der Waals surface area contributed by atoms with Crippen LogP contribution in [0.1, 0.15) is 49.1 Å². The fraction of sp³-hybridized carbons (Fsp3) is 0.364. The summed E-state index contributed by atoms with van der Waals surface area (Å²) < 4.78 is 66.3. The van der Waals surface area contributed by atoms with Gasteiger partial charge < -0.3 is 19.9 Å². The Morgan fingerprint density at radius 3 is 2.35 bits per heavy atom. The van der Waals surface area contributed by atoms with Crippen molar-refractivity contribution in [2.45, 2.75) is 44.1 Å². The number of aromatic nitrogens is 4. The number of fused-ring (bicyclic) bond motifs is 1. The molecule has 2 aromatic heterocycles. The number of likely N-dealkylation sites (tertiary alicyclic amines) is 1. The molecule has 4 aliphatic heterocycles. The number of nitriles is 1. The number of quaternary nitrogens is 1. The van der Waals surface area contributed by atoms with Crippen LogP contribution in [-0.4, -0.2) is 125 Å². The summed E-state index contributed by atoms with van der Waals surface area (Å²) in [5, 5.41) is 14.0. The van der Waals surface area contributed by atoms with Crippen molar-refractivity contribution in [3.63, 3.8) is 0 Å². The summed E-state index contributed by atoms with van der Waals surface area (Å²) in [7, 11) is -3.96. The largest absolute Gasteiger partial charge is 0.453 e. The number of amides is 3. The van der Waals surface area contributed by atoms with Crippen LogP contribution < -0.4 is 30.6 Å². The van der Waals surface area contributed by atoms with Crippen molar-refractivity contribution in [2.24, 2.45) is 0 Å². The quantitative estimate of drug-likeness (QED) is 0.120. The zero-order valence-electron chi connectivity index (χ0n) is 35.5. The molecule has 6 heterocycles. The Morgan fingerprint density at radius 1 is 0.909 bits per heavy atom. The average molecular weight is 924 g/mol. The fourth-order valence-electron chi connectivity index (χ4n) is 8.58. The molecule has 342 valence electrons. The molecule has 1 atom stereocenters. The molecule has 0 saturated carbocycles. The molecule has 19 nitrogen and oxygen atoms in total. The number of rotatable bonds is 12. The molecule has 3 amide bonds. The first kappa shape index (κ1) is 44.3. The first-order valence-electron chi connectivity index (χ1n) is 21.6. The molecule has 3 aromatic carbocycles. The smallest absolute Gasteiger partial charge is 0.301 e. The highest BCUT2D eigenvalue weighted by Crippen LogP contribution is 2.35. The Labute approximate surface area is 377 Å². The normalized spacial score (nSPS) is 18.7. The minimum Gasteiger partial charge on any atom is -0.453 e. The van der Waals surface area contributed by atoms with Crippen LogP contribution in [0.4, 0.5) is 26.1 Å². The summed E-state index contributed by atoms with van der Waals surface area (Å²) in [5.41, 5.74) is 0.840. The lowest BCUT2D eigenvalue weighted by Crippen LogP contribution is -2.88. The number of halogens is 2. The molecule has 0 radical (unpaired) electrons. The second kappa shape index (κ2) is 18.5. The number of piperidine rings is 2. The monoisotopic (exact) mass is 923 g/mol. The molecule has 5 aromatic rings. The summed E-state index contributed by atoms with van der Waals surface area (Å²) in [6.45, 7) is 4.12. The van der Waals surface area contributed by atoms with Crippen molar-refractivity contribution in [3.8, 4) is 23.3 Å². The number of carbonyl (C=O) groups excluding carboxylic acids is 3. The van der Waals surface area contributed by atoms with Crippen LogP contribution in [-0.2, 0) is 24.6 Å². The van der Waals surface area contributed by atoms with Gasteiger partial charge in [-0.1, -0.05) is 0 Å². The van der Waals surface area contributed by atoms with E-state index in [-0.39, 0.29) is 64.8 Å². The van der Waals surface area contributed by atoms with Gasteiger partial charge in [0.2, 0.25) is 17.8 Å². The average Bonchev–Trinajstić information content (AvgIpc) is 3.28. The number of piperazine rings is 1. The van der Waals surface area contributed by atoms with Gasteiger partial charge in [-0.3, -0.25) is 38.7 Å². The van der Waals surface area contributed by atoms with Gasteiger partial charge in [-0.2, -0.15) is 18.0 Å². The number of hydrogen-bond donors (Lipinski definition) is 3. The number of ether oxygens (including phenoxy) is 1. The molecule has 0 spiro atoms. The molecule has 0 bridgehead atoms. The van der Waals surface area contributed by atoms with Crippen LogP contribution in [0.2, 0.25) is 0 Å². The van der Waals surface area contributed by atoms with Gasteiger partial charge in [0.1, 0.15) is 35.2 Å². The molecule has 0 aliphatic carbocycles. The van der Waals surface area contributed by atoms with E-state index in [2.05, 4.69) is 29.9 Å². The van der Waals surface area contributed by atoms with Gasteiger partial charge in [0.05, 0.1) is 41.2 Å². The van der Waals surface area contributed by atoms with Crippen LogP contribution in [0.3, 0.4) is 0 Å². The molecule has 1 unspecified atom stereocenters. The van der Waals surface area contributed by atoms with Crippen molar-refractivity contribution in [3.05, 3.63) is 100 Å². The van der Waals surface area contributed by atoms with Crippen LogP contribution in [0.15, 0.2) is 72.0 Å². The lowest BCUT2D eigenvalue weighted by atomic mass is 9.89. The summed E-state index contributed by atoms with van der Waals surface area (Å²) in [6, 6.07) is 12.8. The van der Waals surface area contributed by atoms with E-state index in [0.29, 0.717) is 106 Å². The van der Waals surface area contributed by atoms with E-state index in [1.807, 2.05) is 21.9 Å². The highest BCUT2D eigenvalue weighted by molar-refractivity contribution is 7.90. The predicted octanol–water partition coefficient (Wildman–Crippen LogP) is 2.01. The van der Waals surface area contributed by atoms with E-state index in [4.69, 9.17) is 4.74 Å². The SMILES string of the molecule is N#Cc1c(NS(=O)(=O)N2CCC2)ccc(F)c1Oc1ccc2ncn(-c3cnc(N4CCN(C(=O)CN5CCC(c6ccc([NH2+]C7CCC(=O)NC7=O)cc6F)CC5)CC4)nc3)c(=O)c2c1. The van der Waals surface area contributed by atoms with E-state index in [0.717, 1.165) is 12.1 Å². The minimum absolute atomic E-state index is 0.00555. The van der Waals surface area contributed by atoms with E-state index < -0.39 is 33.4 Å². The number of carbonyl (C=O) groups is 3. The Hall–Kier alpha value is -6.93. The topological polar surface area (TPSA) is 233 Å². The molecule has 9 rings (SSSR count). The maximum atomic E-state index is 15.3. The summed E-state index contributed by atoms with van der Waals surface area (Å²) in [6.07, 6.45) is 7.07. The van der Waals surface area contributed by atoms with Crippen molar-refractivity contribution in [2.75, 3.05) is 68.5 Å². The summed E-state index contributed by atoms with van der Waals surface area (Å²) in [5.74, 6) is -1.96. The maximum Gasteiger partial charge on any atom is 0.301 e. The zero-order valence-corrected chi connectivity index (χ0v) is 36.3. The molecular weight excluding hydrogens is 879 g/mol. The number of nitrogens with two attached hydrogens (primary N) is 1. The standard InChI is InChI=1S/C44H44F2N12O7S/c45-34-5-7-37(53-66(63,64)57-12-1-13-57)33(22-47)41(34)65-30-3-6-36-32(21-30)43(62)58(26-50-36)29-23-48-44(49-24-29)56-18-16-55(17-19-56)40(60)25-54-14-10-27(11-15-54)31-4-2-28(20-35(31)46)51-38-8-9-39(59)52-42(38)61/h2-7,20-21,23-24,26-27,38,51,53H,1,8-19,25H2,(H,52,59,61)/p+1. The molecule has 22 heteroatoms. The first-order chi connectivity index (χ1) is 31.8. The third-order valence-corrected chi connectivity index (χ3v) is 14.0. The zero-order chi connectivity index (χ0) is 46.1. The van der Waals surface area contributed by atoms with Crippen molar-refractivity contribution in [1.82, 2.24) is 38.9 Å². The summed E-state index contributed by atoms with van der Waals surface area (Å²) >= 11 is 0. The number of nitrogens with zero attached hydrogens (tertiary/aromatic N) is 9. The molecule has 4 N–H and O–H groups in total. The number of hydrogen-bond acceptors (Lipinski definition) is 13. The van der Waals surface area contributed by atoms with Crippen LogP contribution >= 0.6 is 0 Å². The van der Waals surface area contributed by atoms with E-state index in [1.54, 1.807) is 11.4 Å². The lowest BCUT2D eigenvalue weighted by Gasteiger charge is -2.37. The highest BCUT2D eigenvalue weighted by Gasteiger charge is 2.32. The molecule has 4 saturated heterocycles. The number of benzene rings is 3. The van der Waals surface area contributed by atoms with Crippen molar-refractivity contribution < 1.29 is 41.6 Å². The Morgan fingerprint density at radius 2 is 1.67 bits per heavy atom. The highest BCUT2D eigenvalue weighted by atomic mass is 32.2. The van der Waals surface area contributed by atoms with Crippen LogP contribution in [0.25, 0.3) is 16.6 Å². The van der Waals surface area contributed by atoms with Gasteiger partial charge in [-0.15, -0.1) is 0 Å². The Bertz CT molecular complexity index is 2930. The van der Waals surface area contributed by atoms with Crippen LogP contribution in [0, 0.1) is 23.0 Å². The van der Waals surface area contributed by atoms with Gasteiger partial charge in [0.15, 0.2) is 17.6 Å². The second-order valence-corrected chi connectivity index (χ2v) is 18.3. The van der Waals surface area contributed by atoms with Crippen molar-refractivity contribution in [1.29, 1.82) is 5.26 Å². The number of anilines is 2. The number of nitrogens with one attached hydrogen (secondary N) is 2. The number of imide groups is 1. The third-order valence-electron chi connectivity index (χ3n) is 12.5. The van der Waals surface area contributed by atoms with Gasteiger partial charge in [-0.05, 0) is 86.3 Å². The van der Waals surface area contributed by atoms with Gasteiger partial charge in [-0.25, -0.2) is 23.7 Å². The Balaban J connectivity index is 0.779. The lowest BCUT2D eigenvalue weighted by molar-refractivity contribution is -0.598. The van der Waals surface area contributed by atoms with E-state index in [9.17, 15) is 32.9 Å². The predicted molar refractivity (Wildman–Crippen MR) is 234 cm³/mol. The minimum atomic E-state index is -3.96. The van der Waals surface area contributed by atoms with Gasteiger partial charge in [0.25, 0.3) is 11.5 Å². The van der Waals surface area contributed by atoms with Gasteiger partial charge >= 0.3 is 10.2 Å². The van der Waals surface area contributed by atoms with E-state index in [1.165, 1.54) is 51.9 Å². The maximum absolute atomic E-state index is 15.3. The van der Waals surface area contributed by atoms with Crippen molar-refractivity contribution >= 4 is 56.2 Å². The second-order valence-electron chi connectivity index (χ2n) is 16.6. The summed E-state index contributed by atoms with van der Waals surface area (Å²) in [4.78, 5) is 70.0. The molecule has 66 heavy (non-hydrogen) atoms. The molecule has 4 fully saturated rings. The van der Waals surface area contributed by atoms with Crippen LogP contribution in [0.5, 0.6) is 11.5 Å². The fourth-order valence-corrected chi connectivity index (χ4v) is 9.90. The first-order valence-corrected chi connectivity index (χ1v) is 23.0. The molecule has 4 aliphatic rings.